The summed E-state index contributed by atoms with van der Waals surface area (Å²) in [5.41, 5.74) is 2.65. The average Bonchev–Trinajstić information content (AvgIpc) is 2.80. The maximum absolute atomic E-state index is 13.0. The number of phenolic OH excluding ortho intramolecular Hbond substituents is 1. The molecule has 3 heteroatoms. The highest BCUT2D eigenvalue weighted by Gasteiger charge is 2.31. The molecule has 0 atom stereocenters. The molecule has 1 N–H and O–H groups in total. The van der Waals surface area contributed by atoms with Gasteiger partial charge in [0.1, 0.15) is 11.5 Å². The van der Waals surface area contributed by atoms with Gasteiger partial charge in [-0.15, -0.1) is 0 Å². The molecule has 0 aromatic heterocycles. The number of esters is 1. The number of phenols is 1. The summed E-state index contributed by atoms with van der Waals surface area (Å²) in [6, 6.07) is 11.0. The minimum absolute atomic E-state index is 0.284. The zero-order valence-electron chi connectivity index (χ0n) is 24.0. The average molecular weight is 495 g/mol. The lowest BCUT2D eigenvalue weighted by molar-refractivity contribution is 0.0732. The lowest BCUT2D eigenvalue weighted by Gasteiger charge is -2.31. The van der Waals surface area contributed by atoms with Crippen molar-refractivity contribution in [3.8, 4) is 11.5 Å². The molecule has 0 aliphatic carbocycles. The van der Waals surface area contributed by atoms with Crippen LogP contribution in [0.5, 0.6) is 11.5 Å². The Hall–Kier alpha value is -2.29. The highest BCUT2D eigenvalue weighted by molar-refractivity contribution is 5.91. The Morgan fingerprint density at radius 2 is 1.31 bits per heavy atom. The van der Waals surface area contributed by atoms with Crippen LogP contribution in [0.4, 0.5) is 0 Å². The largest absolute Gasteiger partial charge is 0.507 e. The minimum Gasteiger partial charge on any atom is -0.507 e. The fourth-order valence-electron chi connectivity index (χ4n) is 4.93. The van der Waals surface area contributed by atoms with Crippen molar-refractivity contribution in [3.63, 3.8) is 0 Å². The van der Waals surface area contributed by atoms with Gasteiger partial charge in [-0.1, -0.05) is 124 Å². The molecule has 2 rings (SSSR count). The van der Waals surface area contributed by atoms with Gasteiger partial charge in [-0.05, 0) is 41.9 Å². The van der Waals surface area contributed by atoms with Gasteiger partial charge in [0, 0.05) is 16.7 Å². The van der Waals surface area contributed by atoms with Crippen LogP contribution in [0.25, 0.3) is 0 Å². The number of hydrogen-bond donors (Lipinski definition) is 1. The molecule has 0 bridgehead atoms. The van der Waals surface area contributed by atoms with Crippen molar-refractivity contribution in [2.24, 2.45) is 0 Å². The van der Waals surface area contributed by atoms with E-state index < -0.39 is 0 Å². The predicted octanol–water partition coefficient (Wildman–Crippen LogP) is 9.67. The molecular weight excluding hydrogens is 444 g/mol. The van der Waals surface area contributed by atoms with Crippen LogP contribution >= 0.6 is 0 Å². The number of hydrogen-bond acceptors (Lipinski definition) is 3. The van der Waals surface area contributed by atoms with E-state index in [0.717, 1.165) is 36.0 Å². The van der Waals surface area contributed by atoms with Crippen LogP contribution in [0.1, 0.15) is 140 Å². The van der Waals surface area contributed by atoms with Crippen LogP contribution in [0.3, 0.4) is 0 Å². The normalized spacial score (nSPS) is 12.1. The monoisotopic (exact) mass is 494 g/mol. The molecule has 0 heterocycles. The molecule has 2 aromatic carbocycles. The van der Waals surface area contributed by atoms with Gasteiger partial charge in [0.25, 0.3) is 0 Å². The smallest absolute Gasteiger partial charge is 0.343 e. The number of ether oxygens (including phenoxy) is 1. The number of rotatable bonds is 13. The van der Waals surface area contributed by atoms with E-state index in [1.54, 1.807) is 12.1 Å². The summed E-state index contributed by atoms with van der Waals surface area (Å²) in [7, 11) is 0. The Balaban J connectivity index is 2.24. The molecule has 0 aliphatic rings. The lowest BCUT2D eigenvalue weighted by atomic mass is 9.76. The first kappa shape index (κ1) is 29.9. The van der Waals surface area contributed by atoms with Crippen LogP contribution in [0.15, 0.2) is 36.4 Å². The van der Waals surface area contributed by atoms with Crippen molar-refractivity contribution in [2.45, 2.75) is 130 Å². The summed E-state index contributed by atoms with van der Waals surface area (Å²) in [4.78, 5) is 13.0. The Morgan fingerprint density at radius 1 is 0.778 bits per heavy atom. The fraction of sp³-hybridized carbons (Fsp3) is 0.606. The lowest BCUT2D eigenvalue weighted by Crippen LogP contribution is -2.21. The number of aromatic hydroxyl groups is 1. The second-order valence-electron chi connectivity index (χ2n) is 12.3. The summed E-state index contributed by atoms with van der Waals surface area (Å²) in [6.45, 7) is 14.9. The van der Waals surface area contributed by atoms with Gasteiger partial charge in [-0.25, -0.2) is 4.79 Å². The van der Waals surface area contributed by atoms with Gasteiger partial charge >= 0.3 is 5.97 Å². The van der Waals surface area contributed by atoms with Gasteiger partial charge < -0.3 is 9.84 Å². The van der Waals surface area contributed by atoms with E-state index in [1.807, 2.05) is 24.3 Å². The standard InChI is InChI=1S/C33H50O3/c1-8-9-10-11-12-13-14-15-16-20-23-26-28(36-31(35)25-21-18-17-19-22-25)24-27(32(2,3)4)30(34)29(26)33(5,6)7/h17-19,21-22,24,34H,8-16,20,23H2,1-7H3. The topological polar surface area (TPSA) is 46.5 Å². The molecule has 0 saturated carbocycles. The van der Waals surface area contributed by atoms with Crippen molar-refractivity contribution in [2.75, 3.05) is 0 Å². The summed E-state index contributed by atoms with van der Waals surface area (Å²) in [6.07, 6.45) is 13.5. The van der Waals surface area contributed by atoms with E-state index in [-0.39, 0.29) is 16.8 Å². The van der Waals surface area contributed by atoms with Gasteiger partial charge in [0.05, 0.1) is 5.56 Å². The van der Waals surface area contributed by atoms with Crippen molar-refractivity contribution < 1.29 is 14.6 Å². The Kier molecular flexibility index (Phi) is 11.5. The zero-order valence-corrected chi connectivity index (χ0v) is 24.0. The van der Waals surface area contributed by atoms with Crippen molar-refractivity contribution >= 4 is 5.97 Å². The van der Waals surface area contributed by atoms with Crippen LogP contribution in [-0.4, -0.2) is 11.1 Å². The third kappa shape index (κ3) is 8.98. The summed E-state index contributed by atoms with van der Waals surface area (Å²) < 4.78 is 6.05. The van der Waals surface area contributed by atoms with Crippen LogP contribution in [0, 0.1) is 0 Å². The number of unbranched alkanes of at least 4 members (excludes halogenated alkanes) is 9. The van der Waals surface area contributed by atoms with E-state index in [0.29, 0.717) is 17.1 Å². The molecule has 0 fully saturated rings. The number of carbonyl (C=O) groups is 1. The van der Waals surface area contributed by atoms with E-state index in [9.17, 15) is 9.90 Å². The molecule has 0 saturated heterocycles. The fourth-order valence-corrected chi connectivity index (χ4v) is 4.93. The first-order chi connectivity index (χ1) is 17.0. The molecule has 36 heavy (non-hydrogen) atoms. The summed E-state index contributed by atoms with van der Waals surface area (Å²) in [5, 5.41) is 11.4. The molecule has 0 unspecified atom stereocenters. The Labute approximate surface area is 220 Å². The van der Waals surface area contributed by atoms with Crippen molar-refractivity contribution in [1.29, 1.82) is 0 Å². The van der Waals surface area contributed by atoms with Gasteiger partial charge in [-0.3, -0.25) is 0 Å². The molecule has 0 aliphatic heterocycles. The second-order valence-corrected chi connectivity index (χ2v) is 12.3. The van der Waals surface area contributed by atoms with Crippen LogP contribution in [0.2, 0.25) is 0 Å². The molecule has 3 nitrogen and oxygen atoms in total. The first-order valence-electron chi connectivity index (χ1n) is 14.1. The van der Waals surface area contributed by atoms with E-state index in [4.69, 9.17) is 4.74 Å². The molecule has 2 aromatic rings. The molecule has 0 amide bonds. The van der Waals surface area contributed by atoms with Gasteiger partial charge in [-0.2, -0.15) is 0 Å². The summed E-state index contributed by atoms with van der Waals surface area (Å²) >= 11 is 0. The third-order valence-corrected chi connectivity index (χ3v) is 6.92. The maximum atomic E-state index is 13.0. The van der Waals surface area contributed by atoms with Gasteiger partial charge in [0.2, 0.25) is 0 Å². The van der Waals surface area contributed by atoms with E-state index in [2.05, 4.69) is 48.5 Å². The minimum atomic E-state index is -0.356. The van der Waals surface area contributed by atoms with Gasteiger partial charge in [0.15, 0.2) is 0 Å². The molecule has 200 valence electrons. The van der Waals surface area contributed by atoms with Crippen LogP contribution < -0.4 is 4.74 Å². The quantitative estimate of drug-likeness (QED) is 0.171. The van der Waals surface area contributed by atoms with E-state index >= 15 is 0 Å². The van der Waals surface area contributed by atoms with Crippen LogP contribution in [-0.2, 0) is 17.3 Å². The zero-order chi connectivity index (χ0) is 26.8. The molecule has 0 spiro atoms. The van der Waals surface area contributed by atoms with E-state index in [1.165, 1.54) is 51.4 Å². The summed E-state index contributed by atoms with van der Waals surface area (Å²) in [5.74, 6) is 0.578. The Bertz CT molecular complexity index is 946. The highest BCUT2D eigenvalue weighted by Crippen LogP contribution is 2.45. The molecular formula is C33H50O3. The maximum Gasteiger partial charge on any atom is 0.343 e. The first-order valence-corrected chi connectivity index (χ1v) is 14.1. The number of carbonyl (C=O) groups excluding carboxylic acids is 1. The third-order valence-electron chi connectivity index (χ3n) is 6.92. The molecule has 0 radical (unpaired) electrons. The highest BCUT2D eigenvalue weighted by atomic mass is 16.5. The SMILES string of the molecule is CCCCCCCCCCCCc1c(OC(=O)c2ccccc2)cc(C(C)(C)C)c(O)c1C(C)(C)C. The second kappa shape index (κ2) is 13.9. The van der Waals surface area contributed by atoms with Crippen molar-refractivity contribution in [3.05, 3.63) is 58.7 Å². The predicted molar refractivity (Wildman–Crippen MR) is 152 cm³/mol. The number of benzene rings is 2. The van der Waals surface area contributed by atoms with Crippen molar-refractivity contribution in [1.82, 2.24) is 0 Å². The Morgan fingerprint density at radius 3 is 1.81 bits per heavy atom.